The summed E-state index contributed by atoms with van der Waals surface area (Å²) in [4.78, 5) is 22.5. The van der Waals surface area contributed by atoms with Crippen LogP contribution in [-0.4, -0.2) is 25.5 Å². The van der Waals surface area contributed by atoms with Gasteiger partial charge in [-0.2, -0.15) is 0 Å². The molecule has 0 saturated heterocycles. The fourth-order valence-corrected chi connectivity index (χ4v) is 1.44. The molecule has 0 aromatic carbocycles. The molecule has 1 rings (SSSR count). The second-order valence-electron chi connectivity index (χ2n) is 3.71. The Balaban J connectivity index is 2.50. The van der Waals surface area contributed by atoms with E-state index in [9.17, 15) is 9.59 Å². The van der Waals surface area contributed by atoms with Crippen LogP contribution >= 0.6 is 0 Å². The summed E-state index contributed by atoms with van der Waals surface area (Å²) >= 11 is 0. The van der Waals surface area contributed by atoms with Gasteiger partial charge in [0.15, 0.2) is 5.76 Å². The quantitative estimate of drug-likeness (QED) is 0.637. The smallest absolute Gasteiger partial charge is 0.330 e. The van der Waals surface area contributed by atoms with Gasteiger partial charge in [-0.05, 0) is 18.6 Å². The van der Waals surface area contributed by atoms with Gasteiger partial charge < -0.3 is 14.5 Å². The maximum atomic E-state index is 11.7. The summed E-state index contributed by atoms with van der Waals surface area (Å²) in [6.45, 7) is 4.11. The van der Waals surface area contributed by atoms with Crippen LogP contribution < -0.4 is 5.32 Å². The summed E-state index contributed by atoms with van der Waals surface area (Å²) in [7, 11) is 1.29. The van der Waals surface area contributed by atoms with Crippen LogP contribution in [0, 0.1) is 6.92 Å². The minimum Gasteiger partial charge on any atom is -0.466 e. The van der Waals surface area contributed by atoms with Crippen molar-refractivity contribution in [2.45, 2.75) is 20.3 Å². The number of carbonyl (C=O) groups excluding carboxylic acids is 2. The zero-order valence-electron chi connectivity index (χ0n) is 10.8. The van der Waals surface area contributed by atoms with Crippen molar-refractivity contribution in [2.24, 2.45) is 0 Å². The summed E-state index contributed by atoms with van der Waals surface area (Å²) < 4.78 is 9.82. The third-order valence-electron chi connectivity index (χ3n) is 2.40. The van der Waals surface area contributed by atoms with Gasteiger partial charge in [-0.1, -0.05) is 13.0 Å². The molecule has 0 aliphatic rings. The average Bonchev–Trinajstić information content (AvgIpc) is 2.75. The van der Waals surface area contributed by atoms with E-state index in [0.717, 1.165) is 17.7 Å². The molecule has 0 unspecified atom stereocenters. The number of nitrogens with one attached hydrogen (secondary N) is 1. The number of aryl methyl sites for hydroxylation is 2. The van der Waals surface area contributed by atoms with E-state index < -0.39 is 5.97 Å². The van der Waals surface area contributed by atoms with Gasteiger partial charge in [-0.3, -0.25) is 4.79 Å². The summed E-state index contributed by atoms with van der Waals surface area (Å²) in [5, 5.41) is 2.62. The molecule has 1 amide bonds. The average molecular weight is 251 g/mol. The van der Waals surface area contributed by atoms with E-state index in [1.165, 1.54) is 19.3 Å². The SMILES string of the molecule is CCc1oc(C(=O)NC/C=C/C(=O)OC)cc1C. The normalized spacial score (nSPS) is 10.6. The molecule has 5 heteroatoms. The lowest BCUT2D eigenvalue weighted by molar-refractivity contribution is -0.134. The Bertz CT molecular complexity index is 460. The molecule has 5 nitrogen and oxygen atoms in total. The number of hydrogen-bond donors (Lipinski definition) is 1. The Hall–Kier alpha value is -2.04. The van der Waals surface area contributed by atoms with Crippen molar-refractivity contribution < 1.29 is 18.7 Å². The third kappa shape index (κ3) is 3.76. The highest BCUT2D eigenvalue weighted by Gasteiger charge is 2.12. The van der Waals surface area contributed by atoms with Crippen molar-refractivity contribution in [3.8, 4) is 0 Å². The third-order valence-corrected chi connectivity index (χ3v) is 2.40. The van der Waals surface area contributed by atoms with E-state index in [1.807, 2.05) is 13.8 Å². The van der Waals surface area contributed by atoms with Gasteiger partial charge in [-0.15, -0.1) is 0 Å². The number of amides is 1. The van der Waals surface area contributed by atoms with Gasteiger partial charge in [0.2, 0.25) is 0 Å². The number of rotatable bonds is 5. The Morgan fingerprint density at radius 3 is 2.78 bits per heavy atom. The highest BCUT2D eigenvalue weighted by molar-refractivity contribution is 5.92. The Kier molecular flexibility index (Phi) is 5.17. The zero-order chi connectivity index (χ0) is 13.5. The summed E-state index contributed by atoms with van der Waals surface area (Å²) in [5.74, 6) is 0.347. The highest BCUT2D eigenvalue weighted by atomic mass is 16.5. The lowest BCUT2D eigenvalue weighted by Crippen LogP contribution is -2.22. The predicted molar refractivity (Wildman–Crippen MR) is 66.3 cm³/mol. The molecular weight excluding hydrogens is 234 g/mol. The second kappa shape index (κ2) is 6.64. The molecular formula is C13H17NO4. The molecule has 1 N–H and O–H groups in total. The van der Waals surface area contributed by atoms with Gasteiger partial charge >= 0.3 is 5.97 Å². The minimum atomic E-state index is -0.452. The lowest BCUT2D eigenvalue weighted by atomic mass is 10.2. The first-order chi connectivity index (χ1) is 8.58. The lowest BCUT2D eigenvalue weighted by Gasteiger charge is -1.98. The second-order valence-corrected chi connectivity index (χ2v) is 3.71. The van der Waals surface area contributed by atoms with E-state index in [2.05, 4.69) is 10.1 Å². The summed E-state index contributed by atoms with van der Waals surface area (Å²) in [6, 6.07) is 1.71. The Labute approximate surface area is 106 Å². The van der Waals surface area contributed by atoms with E-state index in [1.54, 1.807) is 6.07 Å². The molecule has 1 aromatic heterocycles. The van der Waals surface area contributed by atoms with Crippen LogP contribution in [0.1, 0.15) is 28.8 Å². The molecule has 0 spiro atoms. The van der Waals surface area contributed by atoms with Crippen molar-refractivity contribution in [2.75, 3.05) is 13.7 Å². The van der Waals surface area contributed by atoms with Gasteiger partial charge in [0.25, 0.3) is 5.91 Å². The first-order valence-electron chi connectivity index (χ1n) is 5.70. The van der Waals surface area contributed by atoms with Crippen LogP contribution in [0.2, 0.25) is 0 Å². The van der Waals surface area contributed by atoms with Crippen LogP contribution in [0.15, 0.2) is 22.6 Å². The standard InChI is InChI=1S/C13H17NO4/c1-4-10-9(2)8-11(18-10)13(16)14-7-5-6-12(15)17-3/h5-6,8H,4,7H2,1-3H3,(H,14,16)/b6-5+. The fraction of sp³-hybridized carbons (Fsp3) is 0.385. The van der Waals surface area contributed by atoms with Crippen LogP contribution in [0.4, 0.5) is 0 Å². The van der Waals surface area contributed by atoms with Crippen molar-refractivity contribution >= 4 is 11.9 Å². The number of methoxy groups -OCH3 is 1. The van der Waals surface area contributed by atoms with Gasteiger partial charge in [0.1, 0.15) is 5.76 Å². The highest BCUT2D eigenvalue weighted by Crippen LogP contribution is 2.14. The molecule has 0 bridgehead atoms. The van der Waals surface area contributed by atoms with Crippen molar-refractivity contribution in [3.05, 3.63) is 35.3 Å². The summed E-state index contributed by atoms with van der Waals surface area (Å²) in [5.41, 5.74) is 0.966. The number of hydrogen-bond acceptors (Lipinski definition) is 4. The van der Waals surface area contributed by atoms with Gasteiger partial charge in [0, 0.05) is 19.0 Å². The van der Waals surface area contributed by atoms with Crippen LogP contribution in [-0.2, 0) is 16.0 Å². The topological polar surface area (TPSA) is 68.5 Å². The van der Waals surface area contributed by atoms with E-state index in [-0.39, 0.29) is 18.2 Å². The molecule has 98 valence electrons. The fourth-order valence-electron chi connectivity index (χ4n) is 1.44. The van der Waals surface area contributed by atoms with Crippen molar-refractivity contribution in [1.82, 2.24) is 5.32 Å². The minimum absolute atomic E-state index is 0.245. The molecule has 0 radical (unpaired) electrons. The molecule has 1 aromatic rings. The molecule has 0 aliphatic carbocycles. The Morgan fingerprint density at radius 2 is 2.22 bits per heavy atom. The van der Waals surface area contributed by atoms with Crippen LogP contribution in [0.3, 0.4) is 0 Å². The van der Waals surface area contributed by atoms with Gasteiger partial charge in [0.05, 0.1) is 7.11 Å². The molecule has 0 fully saturated rings. The maximum absolute atomic E-state index is 11.7. The van der Waals surface area contributed by atoms with E-state index >= 15 is 0 Å². The van der Waals surface area contributed by atoms with Crippen LogP contribution in [0.25, 0.3) is 0 Å². The van der Waals surface area contributed by atoms with Crippen molar-refractivity contribution in [3.63, 3.8) is 0 Å². The number of furan rings is 1. The van der Waals surface area contributed by atoms with E-state index in [4.69, 9.17) is 4.42 Å². The summed E-state index contributed by atoms with van der Waals surface area (Å²) in [6.07, 6.45) is 3.52. The molecule has 1 heterocycles. The predicted octanol–water partition coefficient (Wildman–Crippen LogP) is 1.61. The number of esters is 1. The number of ether oxygens (including phenoxy) is 1. The first kappa shape index (κ1) is 14.0. The molecule has 18 heavy (non-hydrogen) atoms. The monoisotopic (exact) mass is 251 g/mol. The molecule has 0 atom stereocenters. The van der Waals surface area contributed by atoms with Crippen molar-refractivity contribution in [1.29, 1.82) is 0 Å². The largest absolute Gasteiger partial charge is 0.466 e. The first-order valence-corrected chi connectivity index (χ1v) is 5.70. The zero-order valence-corrected chi connectivity index (χ0v) is 10.8. The number of carbonyl (C=O) groups is 2. The molecule has 0 saturated carbocycles. The van der Waals surface area contributed by atoms with Crippen LogP contribution in [0.5, 0.6) is 0 Å². The molecule has 0 aliphatic heterocycles. The Morgan fingerprint density at radius 1 is 1.50 bits per heavy atom. The van der Waals surface area contributed by atoms with Gasteiger partial charge in [-0.25, -0.2) is 4.79 Å². The van der Waals surface area contributed by atoms with E-state index in [0.29, 0.717) is 0 Å². The maximum Gasteiger partial charge on any atom is 0.330 e.